The van der Waals surface area contributed by atoms with Gasteiger partial charge in [0.2, 0.25) is 5.91 Å². The van der Waals surface area contributed by atoms with E-state index in [2.05, 4.69) is 39.1 Å². The Kier molecular flexibility index (Phi) is 5.61. The second-order valence-corrected chi connectivity index (χ2v) is 10.7. The molecule has 0 unspecified atom stereocenters. The van der Waals surface area contributed by atoms with Gasteiger partial charge in [0, 0.05) is 16.9 Å². The lowest BCUT2D eigenvalue weighted by atomic mass is 9.49. The Hall–Kier alpha value is -1.82. The number of nitrogens with zero attached hydrogens (tertiary/aromatic N) is 3. The average molecular weight is 425 g/mol. The Bertz CT molecular complexity index is 859. The zero-order chi connectivity index (χ0) is 20.6. The number of carbonyl (C=O) groups excluding carboxylic acids is 1. The Balaban J connectivity index is 1.33. The van der Waals surface area contributed by atoms with E-state index in [1.807, 2.05) is 18.2 Å². The lowest BCUT2D eigenvalue weighted by molar-refractivity contribution is -0.146. The minimum Gasteiger partial charge on any atom is -0.348 e. The van der Waals surface area contributed by atoms with Crippen LogP contribution < -0.4 is 5.32 Å². The molecule has 2 aromatic rings. The Morgan fingerprint density at radius 3 is 2.40 bits per heavy atom. The second-order valence-electron chi connectivity index (χ2n) is 9.65. The quantitative estimate of drug-likeness (QED) is 0.479. The number of aromatic nitrogens is 3. The zero-order valence-electron chi connectivity index (χ0n) is 17.8. The molecule has 6 rings (SSSR count). The summed E-state index contributed by atoms with van der Waals surface area (Å²) >= 11 is 1.75. The maximum atomic E-state index is 13.4. The van der Waals surface area contributed by atoms with Crippen molar-refractivity contribution in [1.82, 2.24) is 20.1 Å². The minimum absolute atomic E-state index is 0.120. The summed E-state index contributed by atoms with van der Waals surface area (Å²) in [5.41, 5.74) is 0.936. The highest BCUT2D eigenvalue weighted by Gasteiger charge is 2.54. The number of nitrogens with one attached hydrogen (secondary N) is 1. The van der Waals surface area contributed by atoms with E-state index in [0.29, 0.717) is 6.54 Å². The number of rotatable bonds is 8. The number of hydrogen-bond acceptors (Lipinski definition) is 4. The summed E-state index contributed by atoms with van der Waals surface area (Å²) in [4.78, 5) is 13.4. The van der Waals surface area contributed by atoms with Gasteiger partial charge in [-0.15, -0.1) is 10.2 Å². The summed E-state index contributed by atoms with van der Waals surface area (Å²) in [7, 11) is 0. The third-order valence-electron chi connectivity index (χ3n) is 7.37. The monoisotopic (exact) mass is 424 g/mol. The number of hydrogen-bond donors (Lipinski definition) is 1. The van der Waals surface area contributed by atoms with Crippen LogP contribution in [0.4, 0.5) is 0 Å². The van der Waals surface area contributed by atoms with Gasteiger partial charge in [0.05, 0.1) is 6.54 Å². The molecule has 5 nitrogen and oxygen atoms in total. The first-order valence-electron chi connectivity index (χ1n) is 11.6. The van der Waals surface area contributed by atoms with E-state index in [9.17, 15) is 4.79 Å². The SMILES string of the molecule is CCCCSc1nnc(CNC(=O)C23CC4CC(CC(C4)C2)C3)n1-c1ccccc1. The summed E-state index contributed by atoms with van der Waals surface area (Å²) in [6.45, 7) is 2.64. The fraction of sp³-hybridized carbons (Fsp3) is 0.625. The van der Waals surface area contributed by atoms with E-state index in [-0.39, 0.29) is 11.3 Å². The fourth-order valence-corrected chi connectivity index (χ4v) is 7.44. The van der Waals surface area contributed by atoms with E-state index in [0.717, 1.165) is 65.9 Å². The maximum Gasteiger partial charge on any atom is 0.226 e. The van der Waals surface area contributed by atoms with Gasteiger partial charge < -0.3 is 5.32 Å². The predicted octanol–water partition coefficient (Wildman–Crippen LogP) is 4.99. The van der Waals surface area contributed by atoms with Crippen LogP contribution in [0.2, 0.25) is 0 Å². The smallest absolute Gasteiger partial charge is 0.226 e. The molecule has 160 valence electrons. The first-order chi connectivity index (χ1) is 14.7. The van der Waals surface area contributed by atoms with Crippen molar-refractivity contribution in [2.24, 2.45) is 23.2 Å². The summed E-state index contributed by atoms with van der Waals surface area (Å²) in [6.07, 6.45) is 9.66. The van der Waals surface area contributed by atoms with Crippen molar-refractivity contribution >= 4 is 17.7 Å². The second kappa shape index (κ2) is 8.37. The molecule has 0 atom stereocenters. The molecule has 6 heteroatoms. The molecule has 0 saturated heterocycles. The van der Waals surface area contributed by atoms with Gasteiger partial charge >= 0.3 is 0 Å². The number of thioether (sulfide) groups is 1. The van der Waals surface area contributed by atoms with Gasteiger partial charge in [-0.05, 0) is 74.8 Å². The normalized spacial score (nSPS) is 29.3. The first kappa shape index (κ1) is 20.1. The van der Waals surface area contributed by atoms with Crippen molar-refractivity contribution < 1.29 is 4.79 Å². The molecule has 1 N–H and O–H groups in total. The van der Waals surface area contributed by atoms with Crippen molar-refractivity contribution in [2.45, 2.75) is 70.0 Å². The van der Waals surface area contributed by atoms with Gasteiger partial charge in [0.15, 0.2) is 11.0 Å². The molecule has 4 aliphatic carbocycles. The molecule has 0 aliphatic heterocycles. The molecular formula is C24H32N4OS. The average Bonchev–Trinajstić information content (AvgIpc) is 3.14. The lowest BCUT2D eigenvalue weighted by Gasteiger charge is -2.55. The summed E-state index contributed by atoms with van der Waals surface area (Å²) in [6, 6.07) is 10.3. The van der Waals surface area contributed by atoms with Crippen LogP contribution in [0.1, 0.15) is 64.1 Å². The van der Waals surface area contributed by atoms with Crippen LogP contribution in [0.5, 0.6) is 0 Å². The van der Waals surface area contributed by atoms with Crippen LogP contribution in [0.3, 0.4) is 0 Å². The van der Waals surface area contributed by atoms with Crippen molar-refractivity contribution in [1.29, 1.82) is 0 Å². The number of benzene rings is 1. The first-order valence-corrected chi connectivity index (χ1v) is 12.6. The minimum atomic E-state index is -0.120. The molecule has 1 amide bonds. The molecular weight excluding hydrogens is 392 g/mol. The highest BCUT2D eigenvalue weighted by molar-refractivity contribution is 7.99. The molecule has 4 bridgehead atoms. The molecule has 0 radical (unpaired) electrons. The largest absolute Gasteiger partial charge is 0.348 e. The van der Waals surface area contributed by atoms with Gasteiger partial charge in [-0.1, -0.05) is 43.3 Å². The molecule has 1 heterocycles. The number of amides is 1. The predicted molar refractivity (Wildman–Crippen MR) is 119 cm³/mol. The highest BCUT2D eigenvalue weighted by atomic mass is 32.2. The van der Waals surface area contributed by atoms with E-state index in [1.165, 1.54) is 25.7 Å². The molecule has 4 saturated carbocycles. The molecule has 0 spiro atoms. The van der Waals surface area contributed by atoms with Crippen molar-refractivity contribution in [3.05, 3.63) is 36.2 Å². The molecule has 1 aromatic carbocycles. The van der Waals surface area contributed by atoms with Crippen molar-refractivity contribution in [3.63, 3.8) is 0 Å². The lowest BCUT2D eigenvalue weighted by Crippen LogP contribution is -2.53. The Morgan fingerprint density at radius 2 is 1.77 bits per heavy atom. The number of unbranched alkanes of at least 4 members (excludes halogenated alkanes) is 1. The highest BCUT2D eigenvalue weighted by Crippen LogP contribution is 2.60. The van der Waals surface area contributed by atoms with Gasteiger partial charge in [0.25, 0.3) is 0 Å². The Morgan fingerprint density at radius 1 is 1.10 bits per heavy atom. The van der Waals surface area contributed by atoms with Gasteiger partial charge in [-0.3, -0.25) is 9.36 Å². The van der Waals surface area contributed by atoms with Gasteiger partial charge in [0.1, 0.15) is 0 Å². The van der Waals surface area contributed by atoms with Crippen molar-refractivity contribution in [3.8, 4) is 5.69 Å². The van der Waals surface area contributed by atoms with E-state index < -0.39 is 0 Å². The van der Waals surface area contributed by atoms with Crippen LogP contribution in [0.25, 0.3) is 5.69 Å². The van der Waals surface area contributed by atoms with Crippen LogP contribution in [-0.4, -0.2) is 26.4 Å². The fourth-order valence-electron chi connectivity index (χ4n) is 6.39. The maximum absolute atomic E-state index is 13.4. The molecule has 4 aliphatic rings. The van der Waals surface area contributed by atoms with Crippen LogP contribution in [0.15, 0.2) is 35.5 Å². The van der Waals surface area contributed by atoms with Crippen LogP contribution in [-0.2, 0) is 11.3 Å². The third-order valence-corrected chi connectivity index (χ3v) is 8.39. The van der Waals surface area contributed by atoms with E-state index in [4.69, 9.17) is 0 Å². The van der Waals surface area contributed by atoms with E-state index >= 15 is 0 Å². The van der Waals surface area contributed by atoms with E-state index in [1.54, 1.807) is 11.8 Å². The number of para-hydroxylation sites is 1. The zero-order valence-corrected chi connectivity index (χ0v) is 18.7. The van der Waals surface area contributed by atoms with Crippen molar-refractivity contribution in [2.75, 3.05) is 5.75 Å². The van der Waals surface area contributed by atoms with Gasteiger partial charge in [-0.2, -0.15) is 0 Å². The van der Waals surface area contributed by atoms with Crippen LogP contribution in [0, 0.1) is 23.2 Å². The summed E-state index contributed by atoms with van der Waals surface area (Å²) in [5, 5.41) is 13.1. The molecule has 4 fully saturated rings. The summed E-state index contributed by atoms with van der Waals surface area (Å²) in [5.74, 6) is 4.42. The van der Waals surface area contributed by atoms with Crippen LogP contribution >= 0.6 is 11.8 Å². The molecule has 30 heavy (non-hydrogen) atoms. The third kappa shape index (κ3) is 3.79. The molecule has 1 aromatic heterocycles. The Labute approximate surface area is 183 Å². The topological polar surface area (TPSA) is 59.8 Å². The standard InChI is InChI=1S/C24H32N4OS/c1-2-3-9-30-23-27-26-21(28(23)20-7-5-4-6-8-20)16-25-22(29)24-13-17-10-18(14-24)12-19(11-17)15-24/h4-8,17-19H,2-3,9-16H2,1H3,(H,25,29). The number of carbonyl (C=O) groups is 1. The summed E-state index contributed by atoms with van der Waals surface area (Å²) < 4.78 is 2.11. The van der Waals surface area contributed by atoms with Gasteiger partial charge in [-0.25, -0.2) is 0 Å².